The fraction of sp³-hybridized carbons (Fsp3) is 0.625. The zero-order valence-corrected chi connectivity index (χ0v) is 14.0. The summed E-state index contributed by atoms with van der Waals surface area (Å²) < 4.78 is 0. The van der Waals surface area contributed by atoms with E-state index < -0.39 is 5.54 Å². The second-order valence-corrected chi connectivity index (χ2v) is 7.21. The molecule has 0 spiro atoms. The van der Waals surface area contributed by atoms with Crippen LogP contribution in [0.2, 0.25) is 0 Å². The highest BCUT2D eigenvalue weighted by atomic mass is 32.1. The van der Waals surface area contributed by atoms with Gasteiger partial charge in [0, 0.05) is 17.5 Å². The van der Waals surface area contributed by atoms with Crippen LogP contribution in [-0.4, -0.2) is 29.4 Å². The molecule has 1 aromatic heterocycles. The number of carbonyl (C=O) groups excluding carboxylic acids is 1. The first-order chi connectivity index (χ1) is 9.87. The van der Waals surface area contributed by atoms with Gasteiger partial charge in [-0.3, -0.25) is 9.69 Å². The van der Waals surface area contributed by atoms with Crippen molar-refractivity contribution in [1.29, 1.82) is 5.26 Å². The summed E-state index contributed by atoms with van der Waals surface area (Å²) >= 11 is 1.80. The molecule has 0 saturated carbocycles. The van der Waals surface area contributed by atoms with E-state index in [1.54, 1.807) is 18.3 Å². The molecule has 2 rings (SSSR count). The van der Waals surface area contributed by atoms with Crippen molar-refractivity contribution in [3.8, 4) is 6.07 Å². The predicted octanol–water partition coefficient (Wildman–Crippen LogP) is 2.72. The highest BCUT2D eigenvalue weighted by Gasteiger charge is 2.32. The maximum atomic E-state index is 12.3. The minimum Gasteiger partial charge on any atom is -0.337 e. The number of fused-ring (bicyclic) bond motifs is 1. The fourth-order valence-corrected chi connectivity index (χ4v) is 3.56. The van der Waals surface area contributed by atoms with E-state index in [9.17, 15) is 10.1 Å². The van der Waals surface area contributed by atoms with Gasteiger partial charge in [-0.1, -0.05) is 13.8 Å². The number of rotatable bonds is 4. The molecule has 4 nitrogen and oxygen atoms in total. The fourth-order valence-electron chi connectivity index (χ4n) is 2.59. The van der Waals surface area contributed by atoms with E-state index in [-0.39, 0.29) is 17.9 Å². The van der Waals surface area contributed by atoms with E-state index in [2.05, 4.69) is 34.7 Å². The van der Waals surface area contributed by atoms with Gasteiger partial charge in [0.05, 0.1) is 12.6 Å². The lowest BCUT2D eigenvalue weighted by molar-refractivity contribution is -0.124. The Bertz CT molecular complexity index is 560. The normalized spacial score (nSPS) is 21.4. The Hall–Kier alpha value is -1.38. The van der Waals surface area contributed by atoms with Crippen LogP contribution in [0, 0.1) is 17.2 Å². The SMILES string of the molecule is CC(C)[C@@](C)(C#N)NC(=O)CN1CCc2sccc2[C@H]1C. The zero-order valence-electron chi connectivity index (χ0n) is 13.1. The third-order valence-electron chi connectivity index (χ3n) is 4.54. The number of hydrogen-bond acceptors (Lipinski definition) is 4. The summed E-state index contributed by atoms with van der Waals surface area (Å²) in [5, 5.41) is 14.3. The maximum absolute atomic E-state index is 12.3. The third kappa shape index (κ3) is 3.28. The molecule has 0 fully saturated rings. The Morgan fingerprint density at radius 1 is 1.67 bits per heavy atom. The number of amides is 1. The second-order valence-electron chi connectivity index (χ2n) is 6.21. The van der Waals surface area contributed by atoms with Crippen LogP contribution in [0.5, 0.6) is 0 Å². The lowest BCUT2D eigenvalue weighted by atomic mass is 9.90. The van der Waals surface area contributed by atoms with E-state index in [1.165, 1.54) is 10.4 Å². The monoisotopic (exact) mass is 305 g/mol. The second kappa shape index (κ2) is 6.17. The molecule has 114 valence electrons. The minimum absolute atomic E-state index is 0.0710. The number of nitrogens with zero attached hydrogens (tertiary/aromatic N) is 2. The van der Waals surface area contributed by atoms with Crippen LogP contribution in [0.25, 0.3) is 0 Å². The van der Waals surface area contributed by atoms with Crippen LogP contribution < -0.4 is 5.32 Å². The molecule has 0 saturated heterocycles. The van der Waals surface area contributed by atoms with Gasteiger partial charge >= 0.3 is 0 Å². The third-order valence-corrected chi connectivity index (χ3v) is 5.53. The summed E-state index contributed by atoms with van der Waals surface area (Å²) in [7, 11) is 0. The van der Waals surface area contributed by atoms with Crippen LogP contribution in [-0.2, 0) is 11.2 Å². The summed E-state index contributed by atoms with van der Waals surface area (Å²) in [6.07, 6.45) is 1.00. The molecular weight excluding hydrogens is 282 g/mol. The number of nitrogens with one attached hydrogen (secondary N) is 1. The van der Waals surface area contributed by atoms with Crippen LogP contribution in [0.15, 0.2) is 11.4 Å². The largest absolute Gasteiger partial charge is 0.337 e. The van der Waals surface area contributed by atoms with E-state index in [1.807, 2.05) is 13.8 Å². The molecule has 21 heavy (non-hydrogen) atoms. The van der Waals surface area contributed by atoms with Crippen molar-refractivity contribution in [2.45, 2.75) is 45.7 Å². The smallest absolute Gasteiger partial charge is 0.235 e. The summed E-state index contributed by atoms with van der Waals surface area (Å²) in [5.74, 6) is 0.00647. The Balaban J connectivity index is 2.00. The van der Waals surface area contributed by atoms with Gasteiger partial charge in [0.25, 0.3) is 0 Å². The molecular formula is C16H23N3OS. The summed E-state index contributed by atoms with van der Waals surface area (Å²) in [6, 6.07) is 4.64. The topological polar surface area (TPSA) is 56.1 Å². The minimum atomic E-state index is -0.802. The Morgan fingerprint density at radius 2 is 2.38 bits per heavy atom. The van der Waals surface area contributed by atoms with Gasteiger partial charge in [0.1, 0.15) is 5.54 Å². The molecule has 0 unspecified atom stereocenters. The van der Waals surface area contributed by atoms with Crippen molar-refractivity contribution in [2.75, 3.05) is 13.1 Å². The summed E-state index contributed by atoms with van der Waals surface area (Å²) in [4.78, 5) is 15.9. The van der Waals surface area contributed by atoms with Crippen LogP contribution in [0.4, 0.5) is 0 Å². The molecule has 0 aliphatic carbocycles. The molecule has 5 heteroatoms. The quantitative estimate of drug-likeness (QED) is 0.930. The number of nitriles is 1. The number of thiophene rings is 1. The predicted molar refractivity (Wildman–Crippen MR) is 85.0 cm³/mol. The van der Waals surface area contributed by atoms with E-state index >= 15 is 0 Å². The van der Waals surface area contributed by atoms with E-state index in [0.717, 1.165) is 13.0 Å². The van der Waals surface area contributed by atoms with Crippen LogP contribution >= 0.6 is 11.3 Å². The molecule has 0 bridgehead atoms. The molecule has 0 aromatic carbocycles. The molecule has 2 atom stereocenters. The average molecular weight is 305 g/mol. The van der Waals surface area contributed by atoms with Crippen molar-refractivity contribution in [2.24, 2.45) is 5.92 Å². The Labute approximate surface area is 130 Å². The molecule has 1 aliphatic heterocycles. The lowest BCUT2D eigenvalue weighted by Crippen LogP contribution is -2.52. The van der Waals surface area contributed by atoms with Gasteiger partial charge in [0.15, 0.2) is 0 Å². The van der Waals surface area contributed by atoms with Crippen molar-refractivity contribution < 1.29 is 4.79 Å². The van der Waals surface area contributed by atoms with Crippen molar-refractivity contribution >= 4 is 17.2 Å². The summed E-state index contributed by atoms with van der Waals surface area (Å²) in [6.45, 7) is 9.07. The molecule has 1 aromatic rings. The van der Waals surface area contributed by atoms with E-state index in [0.29, 0.717) is 6.54 Å². The molecule has 1 amide bonds. The van der Waals surface area contributed by atoms with E-state index in [4.69, 9.17) is 0 Å². The van der Waals surface area contributed by atoms with Crippen molar-refractivity contribution in [1.82, 2.24) is 10.2 Å². The lowest BCUT2D eigenvalue weighted by Gasteiger charge is -2.34. The molecule has 0 radical (unpaired) electrons. The number of carbonyl (C=O) groups is 1. The summed E-state index contributed by atoms with van der Waals surface area (Å²) in [5.41, 5.74) is 0.537. The molecule has 1 N–H and O–H groups in total. The first-order valence-corrected chi connectivity index (χ1v) is 8.28. The molecule has 1 aliphatic rings. The first-order valence-electron chi connectivity index (χ1n) is 7.40. The van der Waals surface area contributed by atoms with Gasteiger partial charge < -0.3 is 5.32 Å². The van der Waals surface area contributed by atoms with Crippen LogP contribution in [0.1, 0.15) is 44.2 Å². The average Bonchev–Trinajstić information content (AvgIpc) is 2.90. The van der Waals surface area contributed by atoms with Gasteiger partial charge in [-0.2, -0.15) is 5.26 Å². The first kappa shape index (κ1) is 16.0. The molecule has 2 heterocycles. The van der Waals surface area contributed by atoms with Gasteiger partial charge in [-0.05, 0) is 43.2 Å². The maximum Gasteiger partial charge on any atom is 0.235 e. The Kier molecular flexibility index (Phi) is 4.70. The number of hydrogen-bond donors (Lipinski definition) is 1. The Morgan fingerprint density at radius 3 is 3.00 bits per heavy atom. The van der Waals surface area contributed by atoms with Crippen LogP contribution in [0.3, 0.4) is 0 Å². The van der Waals surface area contributed by atoms with Crippen molar-refractivity contribution in [3.63, 3.8) is 0 Å². The van der Waals surface area contributed by atoms with Gasteiger partial charge in [-0.25, -0.2) is 0 Å². The highest BCUT2D eigenvalue weighted by Crippen LogP contribution is 2.32. The highest BCUT2D eigenvalue weighted by molar-refractivity contribution is 7.10. The van der Waals surface area contributed by atoms with Gasteiger partial charge in [-0.15, -0.1) is 11.3 Å². The standard InChI is InChI=1S/C16H23N3OS/c1-11(2)16(4,10-17)18-15(20)9-19-7-5-14-13(12(19)3)6-8-21-14/h6,8,11-12H,5,7,9H2,1-4H3,(H,18,20)/t12-,16-/m1/s1. The van der Waals surface area contributed by atoms with Gasteiger partial charge in [0.2, 0.25) is 5.91 Å². The van der Waals surface area contributed by atoms with Crippen molar-refractivity contribution in [3.05, 3.63) is 21.9 Å². The zero-order chi connectivity index (χ0) is 15.6.